The fourth-order valence-electron chi connectivity index (χ4n) is 1.37. The standard InChI is InChI=1S/C12H13N3OS/c1-17-12-6-11(14-8-15-12)16-10-5-3-2-4-9(10)7-13/h2-6,8H,7,13H2,1H3. The normalized spacial score (nSPS) is 10.2. The number of rotatable bonds is 4. The summed E-state index contributed by atoms with van der Waals surface area (Å²) in [5.74, 6) is 1.27. The molecule has 4 nitrogen and oxygen atoms in total. The van der Waals surface area contributed by atoms with Crippen LogP contribution in [0.1, 0.15) is 5.56 Å². The molecule has 5 heteroatoms. The molecule has 0 atom stereocenters. The van der Waals surface area contributed by atoms with E-state index in [9.17, 15) is 0 Å². The molecule has 17 heavy (non-hydrogen) atoms. The Morgan fingerprint density at radius 3 is 2.88 bits per heavy atom. The van der Waals surface area contributed by atoms with Gasteiger partial charge in [-0.25, -0.2) is 9.97 Å². The number of nitrogens with two attached hydrogens (primary N) is 1. The quantitative estimate of drug-likeness (QED) is 0.664. The van der Waals surface area contributed by atoms with Crippen LogP contribution < -0.4 is 10.5 Å². The molecule has 1 heterocycles. The summed E-state index contributed by atoms with van der Waals surface area (Å²) in [6.07, 6.45) is 3.45. The number of hydrogen-bond acceptors (Lipinski definition) is 5. The van der Waals surface area contributed by atoms with Gasteiger partial charge in [0.2, 0.25) is 5.88 Å². The maximum Gasteiger partial charge on any atom is 0.223 e. The van der Waals surface area contributed by atoms with Gasteiger partial charge in [0.05, 0.1) is 0 Å². The number of nitrogens with zero attached hydrogens (tertiary/aromatic N) is 2. The topological polar surface area (TPSA) is 61.0 Å². The van der Waals surface area contributed by atoms with Crippen molar-refractivity contribution >= 4 is 11.8 Å². The molecule has 0 aliphatic rings. The molecule has 0 aliphatic carbocycles. The zero-order chi connectivity index (χ0) is 12.1. The van der Waals surface area contributed by atoms with Crippen LogP contribution in [0.15, 0.2) is 41.7 Å². The molecule has 2 aromatic rings. The minimum atomic E-state index is 0.441. The zero-order valence-electron chi connectivity index (χ0n) is 9.46. The molecular weight excluding hydrogens is 234 g/mol. The van der Waals surface area contributed by atoms with Crippen molar-refractivity contribution in [2.45, 2.75) is 11.6 Å². The number of ether oxygens (including phenoxy) is 1. The minimum absolute atomic E-state index is 0.441. The molecule has 1 aromatic carbocycles. The van der Waals surface area contributed by atoms with Gasteiger partial charge in [0, 0.05) is 18.2 Å². The first-order valence-corrected chi connectivity index (χ1v) is 6.38. The van der Waals surface area contributed by atoms with E-state index in [0.717, 1.165) is 16.3 Å². The lowest BCUT2D eigenvalue weighted by atomic mass is 10.2. The van der Waals surface area contributed by atoms with Gasteiger partial charge in [0.1, 0.15) is 17.1 Å². The number of para-hydroxylation sites is 1. The van der Waals surface area contributed by atoms with Gasteiger partial charge in [-0.2, -0.15) is 0 Å². The van der Waals surface area contributed by atoms with Gasteiger partial charge >= 0.3 is 0 Å². The van der Waals surface area contributed by atoms with Crippen molar-refractivity contribution in [2.75, 3.05) is 6.26 Å². The van der Waals surface area contributed by atoms with Crippen molar-refractivity contribution in [1.82, 2.24) is 9.97 Å². The number of aromatic nitrogens is 2. The van der Waals surface area contributed by atoms with Crippen molar-refractivity contribution in [2.24, 2.45) is 5.73 Å². The van der Waals surface area contributed by atoms with E-state index in [0.29, 0.717) is 12.4 Å². The van der Waals surface area contributed by atoms with Crippen LogP contribution >= 0.6 is 11.8 Å². The zero-order valence-corrected chi connectivity index (χ0v) is 10.3. The number of thioether (sulfide) groups is 1. The highest BCUT2D eigenvalue weighted by molar-refractivity contribution is 7.98. The lowest BCUT2D eigenvalue weighted by Gasteiger charge is -2.08. The summed E-state index contributed by atoms with van der Waals surface area (Å²) in [5, 5.41) is 0.875. The van der Waals surface area contributed by atoms with Gasteiger partial charge in [-0.05, 0) is 12.3 Å². The first-order chi connectivity index (χ1) is 8.33. The summed E-state index contributed by atoms with van der Waals surface area (Å²) < 4.78 is 5.70. The average Bonchev–Trinajstić information content (AvgIpc) is 2.39. The summed E-state index contributed by atoms with van der Waals surface area (Å²) >= 11 is 1.55. The molecule has 2 N–H and O–H groups in total. The highest BCUT2D eigenvalue weighted by Gasteiger charge is 2.04. The van der Waals surface area contributed by atoms with E-state index in [1.807, 2.05) is 30.5 Å². The Kier molecular flexibility index (Phi) is 3.95. The van der Waals surface area contributed by atoms with Crippen molar-refractivity contribution in [3.05, 3.63) is 42.2 Å². The summed E-state index contributed by atoms with van der Waals surface area (Å²) in [4.78, 5) is 8.16. The summed E-state index contributed by atoms with van der Waals surface area (Å²) in [5.41, 5.74) is 6.60. The molecule has 0 unspecified atom stereocenters. The molecule has 0 saturated carbocycles. The van der Waals surface area contributed by atoms with Crippen molar-refractivity contribution in [1.29, 1.82) is 0 Å². The molecule has 2 rings (SSSR count). The first kappa shape index (κ1) is 11.9. The van der Waals surface area contributed by atoms with E-state index in [-0.39, 0.29) is 0 Å². The number of hydrogen-bond donors (Lipinski definition) is 1. The summed E-state index contributed by atoms with van der Waals surface area (Å²) in [6, 6.07) is 9.46. The molecule has 0 radical (unpaired) electrons. The Bertz CT molecular complexity index is 505. The van der Waals surface area contributed by atoms with Gasteiger partial charge in [-0.15, -0.1) is 11.8 Å². The number of benzene rings is 1. The van der Waals surface area contributed by atoms with Crippen molar-refractivity contribution < 1.29 is 4.74 Å². The third-order valence-corrected chi connectivity index (χ3v) is 2.87. The van der Waals surface area contributed by atoms with Crippen molar-refractivity contribution in [3.8, 4) is 11.6 Å². The molecule has 0 bridgehead atoms. The highest BCUT2D eigenvalue weighted by atomic mass is 32.2. The van der Waals surface area contributed by atoms with E-state index >= 15 is 0 Å². The summed E-state index contributed by atoms with van der Waals surface area (Å²) in [7, 11) is 0. The van der Waals surface area contributed by atoms with Crippen LogP contribution in [-0.2, 0) is 6.54 Å². The molecule has 0 aliphatic heterocycles. The van der Waals surface area contributed by atoms with Gasteiger partial charge in [-0.3, -0.25) is 0 Å². The molecule has 1 aromatic heterocycles. The Hall–Kier alpha value is -1.59. The van der Waals surface area contributed by atoms with Gasteiger partial charge in [0.25, 0.3) is 0 Å². The van der Waals surface area contributed by atoms with E-state index in [2.05, 4.69) is 9.97 Å². The van der Waals surface area contributed by atoms with Crippen LogP contribution in [0.4, 0.5) is 0 Å². The van der Waals surface area contributed by atoms with Crippen LogP contribution in [0, 0.1) is 0 Å². The van der Waals surface area contributed by atoms with Crippen molar-refractivity contribution in [3.63, 3.8) is 0 Å². The first-order valence-electron chi connectivity index (χ1n) is 5.15. The molecular formula is C12H13N3OS. The SMILES string of the molecule is CSc1cc(Oc2ccccc2CN)ncn1. The predicted molar refractivity (Wildman–Crippen MR) is 68.2 cm³/mol. The van der Waals surface area contributed by atoms with E-state index < -0.39 is 0 Å². The van der Waals surface area contributed by atoms with Gasteiger partial charge in [-0.1, -0.05) is 18.2 Å². The lowest BCUT2D eigenvalue weighted by Crippen LogP contribution is -1.99. The second-order valence-electron chi connectivity index (χ2n) is 3.31. The Balaban J connectivity index is 2.24. The molecule has 0 spiro atoms. The van der Waals surface area contributed by atoms with Crippen LogP contribution in [0.2, 0.25) is 0 Å². The van der Waals surface area contributed by atoms with E-state index in [1.165, 1.54) is 6.33 Å². The van der Waals surface area contributed by atoms with Gasteiger partial charge < -0.3 is 10.5 Å². The Morgan fingerprint density at radius 2 is 2.12 bits per heavy atom. The lowest BCUT2D eigenvalue weighted by molar-refractivity contribution is 0.453. The van der Waals surface area contributed by atoms with Crippen LogP contribution in [0.5, 0.6) is 11.6 Å². The molecule has 0 amide bonds. The Morgan fingerprint density at radius 1 is 1.29 bits per heavy atom. The largest absolute Gasteiger partial charge is 0.439 e. The predicted octanol–water partition coefficient (Wildman–Crippen LogP) is 2.45. The maximum absolute atomic E-state index is 5.70. The second kappa shape index (κ2) is 5.65. The monoisotopic (exact) mass is 247 g/mol. The van der Waals surface area contributed by atoms with Crippen LogP contribution in [0.25, 0.3) is 0 Å². The average molecular weight is 247 g/mol. The fourth-order valence-corrected chi connectivity index (χ4v) is 1.75. The minimum Gasteiger partial charge on any atom is -0.439 e. The third-order valence-electron chi connectivity index (χ3n) is 2.23. The van der Waals surface area contributed by atoms with Crippen LogP contribution in [-0.4, -0.2) is 16.2 Å². The molecule has 0 saturated heterocycles. The van der Waals surface area contributed by atoms with E-state index in [4.69, 9.17) is 10.5 Å². The van der Waals surface area contributed by atoms with E-state index in [1.54, 1.807) is 17.8 Å². The third kappa shape index (κ3) is 2.95. The second-order valence-corrected chi connectivity index (χ2v) is 4.14. The molecule has 88 valence electrons. The summed E-state index contributed by atoms with van der Waals surface area (Å²) in [6.45, 7) is 0.441. The Labute approximate surface area is 104 Å². The molecule has 0 fully saturated rings. The fraction of sp³-hybridized carbons (Fsp3) is 0.167. The van der Waals surface area contributed by atoms with Crippen LogP contribution in [0.3, 0.4) is 0 Å². The maximum atomic E-state index is 5.70. The smallest absolute Gasteiger partial charge is 0.223 e. The highest BCUT2D eigenvalue weighted by Crippen LogP contribution is 2.24. The van der Waals surface area contributed by atoms with Gasteiger partial charge in [0.15, 0.2) is 0 Å².